The summed E-state index contributed by atoms with van der Waals surface area (Å²) < 4.78 is 10.3. The fourth-order valence-electron chi connectivity index (χ4n) is 2.66. The lowest BCUT2D eigenvalue weighted by Crippen LogP contribution is -2.32. The van der Waals surface area contributed by atoms with E-state index in [2.05, 4.69) is 4.98 Å². The van der Waals surface area contributed by atoms with Crippen LogP contribution in [0.5, 0.6) is 0 Å². The Morgan fingerprint density at radius 1 is 1.40 bits per heavy atom. The lowest BCUT2D eigenvalue weighted by molar-refractivity contribution is 0.0525. The molecule has 1 N–H and O–H groups in total. The molecular formula is C18H21N3O4. The third kappa shape index (κ3) is 4.10. The Morgan fingerprint density at radius 2 is 2.16 bits per heavy atom. The van der Waals surface area contributed by atoms with Crippen molar-refractivity contribution < 1.29 is 18.7 Å². The van der Waals surface area contributed by atoms with Gasteiger partial charge in [0.25, 0.3) is 5.91 Å². The van der Waals surface area contributed by atoms with E-state index in [1.165, 1.54) is 11.2 Å². The van der Waals surface area contributed by atoms with Crippen LogP contribution in [0.2, 0.25) is 0 Å². The van der Waals surface area contributed by atoms with Crippen LogP contribution in [0, 0.1) is 25.2 Å². The first-order valence-electron chi connectivity index (χ1n) is 8.04. The highest BCUT2D eigenvalue weighted by molar-refractivity contribution is 6.00. The molecule has 0 radical (unpaired) electrons. The molecule has 0 aromatic carbocycles. The third-order valence-corrected chi connectivity index (χ3v) is 3.84. The largest absolute Gasteiger partial charge is 0.467 e. The fourth-order valence-corrected chi connectivity index (χ4v) is 2.66. The molecular weight excluding hydrogens is 322 g/mol. The van der Waals surface area contributed by atoms with E-state index in [0.29, 0.717) is 28.3 Å². The van der Waals surface area contributed by atoms with E-state index < -0.39 is 5.97 Å². The Bertz CT molecular complexity index is 784. The molecule has 132 valence electrons. The molecule has 0 aliphatic heterocycles. The summed E-state index contributed by atoms with van der Waals surface area (Å²) in [4.78, 5) is 29.5. The molecule has 0 unspecified atom stereocenters. The highest BCUT2D eigenvalue weighted by Crippen LogP contribution is 2.21. The monoisotopic (exact) mass is 343 g/mol. The molecule has 0 spiro atoms. The first-order chi connectivity index (χ1) is 12.0. The number of H-pyrrole nitrogens is 1. The SMILES string of the molecule is CCOC(=O)c1c(C)[nH]c(C(=O)N(CCC#N)Cc2ccco2)c1C. The molecule has 2 aromatic rings. The molecule has 0 aliphatic rings. The fraction of sp³-hybridized carbons (Fsp3) is 0.389. The lowest BCUT2D eigenvalue weighted by atomic mass is 10.1. The number of nitrogens with one attached hydrogen (secondary N) is 1. The van der Waals surface area contributed by atoms with Crippen molar-refractivity contribution in [1.82, 2.24) is 9.88 Å². The Hall–Kier alpha value is -3.01. The van der Waals surface area contributed by atoms with Gasteiger partial charge in [-0.15, -0.1) is 0 Å². The molecule has 0 saturated heterocycles. The van der Waals surface area contributed by atoms with Crippen molar-refractivity contribution in [3.8, 4) is 6.07 Å². The van der Waals surface area contributed by atoms with Crippen LogP contribution in [0.3, 0.4) is 0 Å². The van der Waals surface area contributed by atoms with Gasteiger partial charge in [-0.1, -0.05) is 0 Å². The standard InChI is InChI=1S/C18H21N3O4/c1-4-24-18(23)15-12(2)16(20-13(15)3)17(22)21(9-6-8-19)11-14-7-5-10-25-14/h5,7,10,20H,4,6,9,11H2,1-3H3. The highest BCUT2D eigenvalue weighted by Gasteiger charge is 2.26. The van der Waals surface area contributed by atoms with Gasteiger partial charge in [0, 0.05) is 12.2 Å². The zero-order valence-electron chi connectivity index (χ0n) is 14.6. The minimum Gasteiger partial charge on any atom is -0.467 e. The Labute approximate surface area is 146 Å². The molecule has 0 bridgehead atoms. The summed E-state index contributed by atoms with van der Waals surface area (Å²) in [7, 11) is 0. The van der Waals surface area contributed by atoms with Gasteiger partial charge in [0.2, 0.25) is 0 Å². The quantitative estimate of drug-likeness (QED) is 0.779. The summed E-state index contributed by atoms with van der Waals surface area (Å²) >= 11 is 0. The van der Waals surface area contributed by atoms with E-state index in [1.54, 1.807) is 32.9 Å². The summed E-state index contributed by atoms with van der Waals surface area (Å²) in [5, 5.41) is 8.85. The van der Waals surface area contributed by atoms with Crippen LogP contribution in [0.1, 0.15) is 51.2 Å². The second kappa shape index (κ2) is 8.20. The molecule has 7 nitrogen and oxygen atoms in total. The topological polar surface area (TPSA) is 99.3 Å². The van der Waals surface area contributed by atoms with E-state index >= 15 is 0 Å². The number of rotatable bonds is 7. The van der Waals surface area contributed by atoms with Crippen LogP contribution >= 0.6 is 0 Å². The number of furan rings is 1. The summed E-state index contributed by atoms with van der Waals surface area (Å²) in [5.74, 6) is -0.122. The highest BCUT2D eigenvalue weighted by atomic mass is 16.5. The van der Waals surface area contributed by atoms with Crippen molar-refractivity contribution in [2.45, 2.75) is 33.7 Å². The molecule has 2 aromatic heterocycles. The maximum absolute atomic E-state index is 12.9. The van der Waals surface area contributed by atoms with Crippen LogP contribution in [0.4, 0.5) is 0 Å². The molecule has 2 rings (SSSR count). The number of aryl methyl sites for hydroxylation is 1. The first kappa shape index (κ1) is 18.3. The summed E-state index contributed by atoms with van der Waals surface area (Å²) in [6, 6.07) is 5.55. The molecule has 0 fully saturated rings. The third-order valence-electron chi connectivity index (χ3n) is 3.84. The molecule has 25 heavy (non-hydrogen) atoms. The average Bonchev–Trinajstić information content (AvgIpc) is 3.18. The molecule has 0 saturated carbocycles. The van der Waals surface area contributed by atoms with Gasteiger partial charge in [0.05, 0.1) is 37.5 Å². The molecule has 7 heteroatoms. The number of hydrogen-bond acceptors (Lipinski definition) is 5. The van der Waals surface area contributed by atoms with Crippen molar-refractivity contribution in [3.63, 3.8) is 0 Å². The molecule has 0 aliphatic carbocycles. The van der Waals surface area contributed by atoms with E-state index in [-0.39, 0.29) is 32.0 Å². The number of carbonyl (C=O) groups is 2. The van der Waals surface area contributed by atoms with Crippen LogP contribution < -0.4 is 0 Å². The molecule has 1 amide bonds. The van der Waals surface area contributed by atoms with Gasteiger partial charge in [-0.25, -0.2) is 4.79 Å². The van der Waals surface area contributed by atoms with Crippen molar-refractivity contribution >= 4 is 11.9 Å². The van der Waals surface area contributed by atoms with Crippen molar-refractivity contribution in [2.24, 2.45) is 0 Å². The van der Waals surface area contributed by atoms with E-state index in [0.717, 1.165) is 0 Å². The Balaban J connectivity index is 2.30. The van der Waals surface area contributed by atoms with Gasteiger partial charge >= 0.3 is 5.97 Å². The van der Waals surface area contributed by atoms with Gasteiger partial charge in [-0.3, -0.25) is 4.79 Å². The van der Waals surface area contributed by atoms with Gasteiger partial charge in [-0.2, -0.15) is 5.26 Å². The van der Waals surface area contributed by atoms with E-state index in [1.807, 2.05) is 6.07 Å². The smallest absolute Gasteiger partial charge is 0.340 e. The number of nitrogens with zero attached hydrogens (tertiary/aromatic N) is 2. The molecule has 2 heterocycles. The number of aromatic amines is 1. The number of ether oxygens (including phenoxy) is 1. The second-order valence-electron chi connectivity index (χ2n) is 5.56. The zero-order valence-corrected chi connectivity index (χ0v) is 14.6. The van der Waals surface area contributed by atoms with Crippen LogP contribution in [-0.2, 0) is 11.3 Å². The maximum Gasteiger partial charge on any atom is 0.340 e. The minimum absolute atomic E-state index is 0.204. The summed E-state index contributed by atoms with van der Waals surface area (Å²) in [6.07, 6.45) is 1.74. The van der Waals surface area contributed by atoms with Crippen LogP contribution in [-0.4, -0.2) is 34.9 Å². The predicted octanol–water partition coefficient (Wildman–Crippen LogP) is 2.96. The number of carbonyl (C=O) groups excluding carboxylic acids is 2. The van der Waals surface area contributed by atoms with Crippen LogP contribution in [0.25, 0.3) is 0 Å². The van der Waals surface area contributed by atoms with Crippen molar-refractivity contribution in [2.75, 3.05) is 13.2 Å². The number of amides is 1. The maximum atomic E-state index is 12.9. The number of nitriles is 1. The normalized spacial score (nSPS) is 10.3. The zero-order chi connectivity index (χ0) is 18.4. The van der Waals surface area contributed by atoms with Gasteiger partial charge in [0.1, 0.15) is 11.5 Å². The second-order valence-corrected chi connectivity index (χ2v) is 5.56. The first-order valence-corrected chi connectivity index (χ1v) is 8.04. The predicted molar refractivity (Wildman–Crippen MR) is 89.9 cm³/mol. The van der Waals surface area contributed by atoms with E-state index in [4.69, 9.17) is 14.4 Å². The van der Waals surface area contributed by atoms with E-state index in [9.17, 15) is 9.59 Å². The van der Waals surface area contributed by atoms with Gasteiger partial charge in [-0.05, 0) is 38.5 Å². The molecule has 0 atom stereocenters. The number of aromatic nitrogens is 1. The minimum atomic E-state index is -0.456. The number of esters is 1. The van der Waals surface area contributed by atoms with Gasteiger partial charge in [0.15, 0.2) is 0 Å². The lowest BCUT2D eigenvalue weighted by Gasteiger charge is -2.20. The summed E-state index contributed by atoms with van der Waals surface area (Å²) in [6.45, 7) is 5.94. The Morgan fingerprint density at radius 3 is 2.76 bits per heavy atom. The average molecular weight is 343 g/mol. The van der Waals surface area contributed by atoms with Crippen LogP contribution in [0.15, 0.2) is 22.8 Å². The number of hydrogen-bond donors (Lipinski definition) is 1. The Kier molecular flexibility index (Phi) is 6.01. The summed E-state index contributed by atoms with van der Waals surface area (Å²) in [5.41, 5.74) is 1.83. The van der Waals surface area contributed by atoms with Gasteiger partial charge < -0.3 is 19.0 Å². The van der Waals surface area contributed by atoms with Crippen molar-refractivity contribution in [3.05, 3.63) is 46.7 Å². The van der Waals surface area contributed by atoms with Crippen molar-refractivity contribution in [1.29, 1.82) is 5.26 Å².